The van der Waals surface area contributed by atoms with E-state index in [0.717, 1.165) is 6.42 Å². The largest absolute Gasteiger partial charge is 0.486 e. The van der Waals surface area contributed by atoms with Gasteiger partial charge in [0.15, 0.2) is 18.1 Å². The second-order valence-electron chi connectivity index (χ2n) is 8.85. The molecule has 2 aliphatic rings. The Kier molecular flexibility index (Phi) is 8.35. The molecular weight excluding hydrogens is 442 g/mol. The number of aliphatic hydroxyl groups is 1. The molecule has 2 aromatic carbocycles. The van der Waals surface area contributed by atoms with E-state index in [0.29, 0.717) is 53.4 Å². The summed E-state index contributed by atoms with van der Waals surface area (Å²) in [6.45, 7) is 0.869. The SMILES string of the molecule is O=C(COc1ccc(Cl)cc1)NC(CCC1CCCCC1)C(O)c1ccc2c(c1)OCCO2. The van der Waals surface area contributed by atoms with Gasteiger partial charge < -0.3 is 24.6 Å². The Morgan fingerprint density at radius 2 is 1.79 bits per heavy atom. The van der Waals surface area contributed by atoms with Gasteiger partial charge in [-0.1, -0.05) is 49.8 Å². The number of ether oxygens (including phenoxy) is 3. The van der Waals surface area contributed by atoms with Crippen molar-refractivity contribution in [3.8, 4) is 17.2 Å². The number of carbonyl (C=O) groups is 1. The zero-order valence-corrected chi connectivity index (χ0v) is 19.6. The van der Waals surface area contributed by atoms with Gasteiger partial charge in [0.25, 0.3) is 5.91 Å². The van der Waals surface area contributed by atoms with Crippen LogP contribution in [0.4, 0.5) is 0 Å². The first-order valence-electron chi connectivity index (χ1n) is 11.8. The van der Waals surface area contributed by atoms with Crippen LogP contribution in [0, 0.1) is 5.92 Å². The van der Waals surface area contributed by atoms with Crippen LogP contribution in [-0.2, 0) is 4.79 Å². The molecule has 0 saturated heterocycles. The van der Waals surface area contributed by atoms with Gasteiger partial charge in [-0.3, -0.25) is 4.79 Å². The normalized spacial score (nSPS) is 17.8. The van der Waals surface area contributed by atoms with Crippen LogP contribution in [0.1, 0.15) is 56.6 Å². The Balaban J connectivity index is 1.41. The molecule has 1 heterocycles. The summed E-state index contributed by atoms with van der Waals surface area (Å²) in [4.78, 5) is 12.7. The highest BCUT2D eigenvalue weighted by atomic mass is 35.5. The molecule has 0 aromatic heterocycles. The molecule has 6 nitrogen and oxygen atoms in total. The lowest BCUT2D eigenvalue weighted by atomic mass is 9.84. The van der Waals surface area contributed by atoms with Crippen LogP contribution in [0.5, 0.6) is 17.2 Å². The molecule has 7 heteroatoms. The van der Waals surface area contributed by atoms with Gasteiger partial charge in [-0.15, -0.1) is 0 Å². The van der Waals surface area contributed by atoms with Crippen molar-refractivity contribution < 1.29 is 24.1 Å². The fraction of sp³-hybridized carbons (Fsp3) is 0.500. The Morgan fingerprint density at radius 1 is 1.06 bits per heavy atom. The van der Waals surface area contributed by atoms with Gasteiger partial charge in [-0.25, -0.2) is 0 Å². The first-order chi connectivity index (χ1) is 16.1. The predicted molar refractivity (Wildman–Crippen MR) is 127 cm³/mol. The minimum atomic E-state index is -0.858. The van der Waals surface area contributed by atoms with Crippen LogP contribution in [-0.4, -0.2) is 36.9 Å². The number of halogens is 1. The number of fused-ring (bicyclic) bond motifs is 1. The number of hydrogen-bond acceptors (Lipinski definition) is 5. The van der Waals surface area contributed by atoms with E-state index in [-0.39, 0.29) is 12.5 Å². The van der Waals surface area contributed by atoms with Crippen molar-refractivity contribution in [1.82, 2.24) is 5.32 Å². The van der Waals surface area contributed by atoms with Crippen LogP contribution in [0.25, 0.3) is 0 Å². The predicted octanol–water partition coefficient (Wildman–Crippen LogP) is 5.07. The molecule has 2 atom stereocenters. The quantitative estimate of drug-likeness (QED) is 0.531. The summed E-state index contributed by atoms with van der Waals surface area (Å²) in [7, 11) is 0. The molecule has 178 valence electrons. The fourth-order valence-corrected chi connectivity index (χ4v) is 4.73. The number of nitrogens with one attached hydrogen (secondary N) is 1. The summed E-state index contributed by atoms with van der Waals surface area (Å²) in [5.74, 6) is 2.25. The number of benzene rings is 2. The Hall–Kier alpha value is -2.44. The standard InChI is InChI=1S/C26H32ClNO5/c27-20-8-10-21(11-9-20)33-17-25(29)28-22(12-6-18-4-2-1-3-5-18)26(30)19-7-13-23-24(16-19)32-15-14-31-23/h7-11,13,16,18,22,26,30H,1-6,12,14-15,17H2,(H,28,29). The second kappa shape index (κ2) is 11.6. The summed E-state index contributed by atoms with van der Waals surface area (Å²) in [6, 6.07) is 11.9. The van der Waals surface area contributed by atoms with Gasteiger partial charge in [-0.05, 0) is 60.7 Å². The van der Waals surface area contributed by atoms with E-state index >= 15 is 0 Å². The van der Waals surface area contributed by atoms with E-state index in [4.69, 9.17) is 25.8 Å². The molecule has 1 amide bonds. The molecule has 1 saturated carbocycles. The highest BCUT2D eigenvalue weighted by Gasteiger charge is 2.26. The average Bonchev–Trinajstić information content (AvgIpc) is 2.86. The monoisotopic (exact) mass is 473 g/mol. The fourth-order valence-electron chi connectivity index (χ4n) is 4.60. The summed E-state index contributed by atoms with van der Waals surface area (Å²) in [5.41, 5.74) is 0.701. The molecule has 1 aliphatic heterocycles. The van der Waals surface area contributed by atoms with Gasteiger partial charge in [0.2, 0.25) is 0 Å². The number of amides is 1. The third-order valence-electron chi connectivity index (χ3n) is 6.43. The molecule has 33 heavy (non-hydrogen) atoms. The van der Waals surface area contributed by atoms with Gasteiger partial charge in [0.05, 0.1) is 12.1 Å². The maximum atomic E-state index is 12.7. The molecular formula is C26H32ClNO5. The minimum Gasteiger partial charge on any atom is -0.486 e. The molecule has 2 unspecified atom stereocenters. The zero-order chi connectivity index (χ0) is 23.0. The van der Waals surface area contributed by atoms with Crippen molar-refractivity contribution in [3.05, 3.63) is 53.1 Å². The highest BCUT2D eigenvalue weighted by Crippen LogP contribution is 2.35. The molecule has 2 aromatic rings. The van der Waals surface area contributed by atoms with Crippen LogP contribution in [0.15, 0.2) is 42.5 Å². The Morgan fingerprint density at radius 3 is 2.55 bits per heavy atom. The van der Waals surface area contributed by atoms with Crippen LogP contribution < -0.4 is 19.5 Å². The van der Waals surface area contributed by atoms with Gasteiger partial charge in [0.1, 0.15) is 19.0 Å². The van der Waals surface area contributed by atoms with E-state index in [9.17, 15) is 9.90 Å². The van der Waals surface area contributed by atoms with Crippen molar-refractivity contribution in [1.29, 1.82) is 0 Å². The van der Waals surface area contributed by atoms with Gasteiger partial charge in [0, 0.05) is 5.02 Å². The molecule has 1 fully saturated rings. The minimum absolute atomic E-state index is 0.130. The third-order valence-corrected chi connectivity index (χ3v) is 6.68. The van der Waals surface area contributed by atoms with E-state index in [1.54, 1.807) is 24.3 Å². The van der Waals surface area contributed by atoms with Crippen molar-refractivity contribution in [2.75, 3.05) is 19.8 Å². The Labute approximate surface area is 200 Å². The molecule has 0 spiro atoms. The first kappa shape index (κ1) is 23.7. The highest BCUT2D eigenvalue weighted by molar-refractivity contribution is 6.30. The number of rotatable bonds is 9. The van der Waals surface area contributed by atoms with E-state index in [2.05, 4.69) is 5.32 Å². The number of carbonyl (C=O) groups excluding carboxylic acids is 1. The van der Waals surface area contributed by atoms with Crippen molar-refractivity contribution in [2.45, 2.75) is 57.1 Å². The van der Waals surface area contributed by atoms with E-state index in [1.165, 1.54) is 32.1 Å². The maximum absolute atomic E-state index is 12.7. The summed E-state index contributed by atoms with van der Waals surface area (Å²) in [5, 5.41) is 14.8. The summed E-state index contributed by atoms with van der Waals surface area (Å²) >= 11 is 5.90. The van der Waals surface area contributed by atoms with Crippen LogP contribution in [0.3, 0.4) is 0 Å². The molecule has 1 aliphatic carbocycles. The van der Waals surface area contributed by atoms with Crippen molar-refractivity contribution >= 4 is 17.5 Å². The summed E-state index contributed by atoms with van der Waals surface area (Å²) < 4.78 is 16.9. The topological polar surface area (TPSA) is 77.0 Å². The lowest BCUT2D eigenvalue weighted by molar-refractivity contribution is -0.124. The van der Waals surface area contributed by atoms with Gasteiger partial charge >= 0.3 is 0 Å². The molecule has 4 rings (SSSR count). The van der Waals surface area contributed by atoms with Crippen LogP contribution >= 0.6 is 11.6 Å². The maximum Gasteiger partial charge on any atom is 0.258 e. The van der Waals surface area contributed by atoms with E-state index < -0.39 is 12.1 Å². The van der Waals surface area contributed by atoms with Crippen molar-refractivity contribution in [3.63, 3.8) is 0 Å². The molecule has 0 radical (unpaired) electrons. The average molecular weight is 474 g/mol. The van der Waals surface area contributed by atoms with E-state index in [1.807, 2.05) is 18.2 Å². The van der Waals surface area contributed by atoms with Gasteiger partial charge in [-0.2, -0.15) is 0 Å². The molecule has 0 bridgehead atoms. The number of aliphatic hydroxyl groups excluding tert-OH is 1. The second-order valence-corrected chi connectivity index (χ2v) is 9.28. The van der Waals surface area contributed by atoms with Crippen molar-refractivity contribution in [2.24, 2.45) is 5.92 Å². The third kappa shape index (κ3) is 6.78. The number of hydrogen-bond donors (Lipinski definition) is 2. The molecule has 2 N–H and O–H groups in total. The zero-order valence-electron chi connectivity index (χ0n) is 18.8. The Bertz CT molecular complexity index is 913. The smallest absolute Gasteiger partial charge is 0.258 e. The van der Waals surface area contributed by atoms with Crippen LogP contribution in [0.2, 0.25) is 5.02 Å². The first-order valence-corrected chi connectivity index (χ1v) is 12.2. The summed E-state index contributed by atoms with van der Waals surface area (Å²) in [6.07, 6.45) is 7.10. The lowest BCUT2D eigenvalue weighted by Crippen LogP contribution is -2.42. The lowest BCUT2D eigenvalue weighted by Gasteiger charge is -2.28.